The van der Waals surface area contributed by atoms with Gasteiger partial charge in [-0.05, 0) is 5.92 Å². The van der Waals surface area contributed by atoms with Gasteiger partial charge in [0.15, 0.2) is 11.5 Å². The van der Waals surface area contributed by atoms with Crippen molar-refractivity contribution in [3.63, 3.8) is 0 Å². The van der Waals surface area contributed by atoms with Crippen molar-refractivity contribution in [1.82, 2.24) is 0 Å². The quantitative estimate of drug-likeness (QED) is 0.506. The van der Waals surface area contributed by atoms with Gasteiger partial charge in [-0.3, -0.25) is 14.9 Å². The van der Waals surface area contributed by atoms with Crippen molar-refractivity contribution in [2.75, 3.05) is 13.2 Å². The molecular weight excluding hydrogens is 298 g/mol. The zero-order chi connectivity index (χ0) is 15.6. The highest BCUT2D eigenvalue weighted by Gasteiger charge is 2.29. The van der Waals surface area contributed by atoms with Crippen molar-refractivity contribution < 1.29 is 24.3 Å². The second kappa shape index (κ2) is 6.21. The van der Waals surface area contributed by atoms with Crippen molar-refractivity contribution in [3.8, 4) is 11.5 Å². The Morgan fingerprint density at radius 1 is 1.33 bits per heavy atom. The zero-order valence-electron chi connectivity index (χ0n) is 11.6. The zero-order valence-corrected chi connectivity index (χ0v) is 12.4. The lowest BCUT2D eigenvalue weighted by Gasteiger charge is -2.20. The Morgan fingerprint density at radius 2 is 1.90 bits per heavy atom. The van der Waals surface area contributed by atoms with Gasteiger partial charge >= 0.3 is 5.97 Å². The van der Waals surface area contributed by atoms with E-state index in [2.05, 4.69) is 0 Å². The van der Waals surface area contributed by atoms with Gasteiger partial charge in [-0.25, -0.2) is 0 Å². The average Bonchev–Trinajstić information content (AvgIpc) is 2.42. The Bertz CT molecular complexity index is 574. The molecule has 0 saturated heterocycles. The first-order valence-corrected chi connectivity index (χ1v) is 7.25. The van der Waals surface area contributed by atoms with E-state index in [1.54, 1.807) is 13.8 Å². The first kappa shape index (κ1) is 15.4. The van der Waals surface area contributed by atoms with Crippen molar-refractivity contribution in [3.05, 3.63) is 22.2 Å². The molecule has 1 N–H and O–H groups in total. The first-order chi connectivity index (χ1) is 9.90. The molecule has 1 aromatic carbocycles. The van der Waals surface area contributed by atoms with Gasteiger partial charge in [0.05, 0.1) is 15.9 Å². The van der Waals surface area contributed by atoms with E-state index in [0.717, 1.165) is 11.8 Å². The van der Waals surface area contributed by atoms with Gasteiger partial charge in [-0.1, -0.05) is 13.8 Å². The van der Waals surface area contributed by atoms with E-state index in [0.29, 0.717) is 24.7 Å². The number of nitro benzene ring substituents is 1. The smallest absolute Gasteiger partial charge is 0.317 e. The molecule has 0 spiro atoms. The monoisotopic (exact) mass is 313 g/mol. The summed E-state index contributed by atoms with van der Waals surface area (Å²) in [5.74, 6) is -0.449. The molecule has 7 nitrogen and oxygen atoms in total. The SMILES string of the molecule is CC(C)C(Sc1cc2c(cc1[N+](=O)[O-])OCCO2)C(=O)O. The lowest BCUT2D eigenvalue weighted by Crippen LogP contribution is -2.22. The standard InChI is InChI=1S/C13H15NO6S/c1-7(2)12(13(15)16)21-11-6-10-9(19-3-4-20-10)5-8(11)14(17)18/h5-7,12H,3-4H2,1-2H3,(H,15,16). The number of thioether (sulfide) groups is 1. The van der Waals surface area contributed by atoms with Crippen LogP contribution in [0.2, 0.25) is 0 Å². The van der Waals surface area contributed by atoms with Crippen LogP contribution in [0.3, 0.4) is 0 Å². The second-order valence-corrected chi connectivity index (χ2v) is 6.02. The number of nitrogens with zero attached hydrogens (tertiary/aromatic N) is 1. The molecule has 8 heteroatoms. The van der Waals surface area contributed by atoms with Crippen LogP contribution in [0.5, 0.6) is 11.5 Å². The van der Waals surface area contributed by atoms with Crippen LogP contribution in [0, 0.1) is 16.0 Å². The number of carboxylic acid groups (broad SMARTS) is 1. The van der Waals surface area contributed by atoms with Gasteiger partial charge in [-0.15, -0.1) is 11.8 Å². The molecule has 0 aliphatic carbocycles. The van der Waals surface area contributed by atoms with Gasteiger partial charge in [0.2, 0.25) is 0 Å². The molecule has 0 fully saturated rings. The first-order valence-electron chi connectivity index (χ1n) is 6.37. The molecule has 0 aromatic heterocycles. The molecule has 1 aliphatic rings. The van der Waals surface area contributed by atoms with Gasteiger partial charge in [-0.2, -0.15) is 0 Å². The molecule has 0 amide bonds. The Balaban J connectivity index is 2.41. The number of fused-ring (bicyclic) bond motifs is 1. The Hall–Kier alpha value is -1.96. The molecule has 1 aliphatic heterocycles. The maximum absolute atomic E-state index is 11.3. The average molecular weight is 313 g/mol. The molecule has 1 unspecified atom stereocenters. The minimum atomic E-state index is -1.00. The third-order valence-corrected chi connectivity index (χ3v) is 4.50. The molecule has 0 saturated carbocycles. The predicted molar refractivity (Wildman–Crippen MR) is 76.2 cm³/mol. The summed E-state index contributed by atoms with van der Waals surface area (Å²) in [5, 5.41) is 19.6. The second-order valence-electron chi connectivity index (χ2n) is 4.84. The number of ether oxygens (including phenoxy) is 2. The summed E-state index contributed by atoms with van der Waals surface area (Å²) in [6, 6.07) is 2.77. The topological polar surface area (TPSA) is 98.9 Å². The van der Waals surface area contributed by atoms with E-state index in [1.165, 1.54) is 12.1 Å². The number of nitro groups is 1. The van der Waals surface area contributed by atoms with Crippen molar-refractivity contribution in [2.45, 2.75) is 24.0 Å². The summed E-state index contributed by atoms with van der Waals surface area (Å²) < 4.78 is 10.7. The fraction of sp³-hybridized carbons (Fsp3) is 0.462. The summed E-state index contributed by atoms with van der Waals surface area (Å²) in [7, 11) is 0. The third-order valence-electron chi connectivity index (χ3n) is 2.92. The predicted octanol–water partition coefficient (Wildman–Crippen LogP) is 2.57. The molecule has 1 heterocycles. The molecule has 0 radical (unpaired) electrons. The van der Waals surface area contributed by atoms with Gasteiger partial charge in [0.1, 0.15) is 18.5 Å². The fourth-order valence-electron chi connectivity index (χ4n) is 1.90. The lowest BCUT2D eigenvalue weighted by atomic mass is 10.1. The summed E-state index contributed by atoms with van der Waals surface area (Å²) in [6.45, 7) is 4.22. The van der Waals surface area contributed by atoms with Crippen LogP contribution in [0.4, 0.5) is 5.69 Å². The van der Waals surface area contributed by atoms with Crippen LogP contribution in [0.15, 0.2) is 17.0 Å². The third kappa shape index (κ3) is 3.38. The molecule has 1 aromatic rings. The number of hydrogen-bond acceptors (Lipinski definition) is 6. The number of rotatable bonds is 5. The summed E-state index contributed by atoms with van der Waals surface area (Å²) in [5.41, 5.74) is -0.170. The Morgan fingerprint density at radius 3 is 2.38 bits per heavy atom. The van der Waals surface area contributed by atoms with Gasteiger partial charge in [0.25, 0.3) is 5.69 Å². The largest absolute Gasteiger partial charge is 0.486 e. The van der Waals surface area contributed by atoms with Crippen molar-refractivity contribution >= 4 is 23.4 Å². The van der Waals surface area contributed by atoms with E-state index in [1.807, 2.05) is 0 Å². The maximum Gasteiger partial charge on any atom is 0.317 e. The van der Waals surface area contributed by atoms with Crippen LogP contribution in [0.25, 0.3) is 0 Å². The van der Waals surface area contributed by atoms with Crippen LogP contribution >= 0.6 is 11.8 Å². The summed E-state index contributed by atoms with van der Waals surface area (Å²) in [4.78, 5) is 22.2. The maximum atomic E-state index is 11.3. The van der Waals surface area contributed by atoms with Crippen molar-refractivity contribution in [2.24, 2.45) is 5.92 Å². The van der Waals surface area contributed by atoms with E-state index >= 15 is 0 Å². The normalized spacial score (nSPS) is 14.8. The molecular formula is C13H15NO6S. The molecule has 0 bridgehead atoms. The number of benzene rings is 1. The van der Waals surface area contributed by atoms with Crippen LogP contribution in [-0.2, 0) is 4.79 Å². The highest BCUT2D eigenvalue weighted by atomic mass is 32.2. The van der Waals surface area contributed by atoms with Gasteiger partial charge < -0.3 is 14.6 Å². The van der Waals surface area contributed by atoms with Crippen LogP contribution in [-0.4, -0.2) is 34.5 Å². The van der Waals surface area contributed by atoms with E-state index in [-0.39, 0.29) is 16.5 Å². The minimum Gasteiger partial charge on any atom is -0.486 e. The number of hydrogen-bond donors (Lipinski definition) is 1. The fourth-order valence-corrected chi connectivity index (χ4v) is 2.98. The Kier molecular flexibility index (Phi) is 4.56. The highest BCUT2D eigenvalue weighted by molar-refractivity contribution is 8.00. The van der Waals surface area contributed by atoms with Crippen LogP contribution < -0.4 is 9.47 Å². The van der Waals surface area contributed by atoms with Gasteiger partial charge in [0, 0.05) is 6.07 Å². The van der Waals surface area contributed by atoms with E-state index in [9.17, 15) is 20.0 Å². The summed E-state index contributed by atoms with van der Waals surface area (Å²) in [6.07, 6.45) is 0. The molecule has 1 atom stereocenters. The Labute approximate surface area is 125 Å². The molecule has 2 rings (SSSR count). The number of carboxylic acids is 1. The number of aliphatic carboxylic acids is 1. The molecule has 21 heavy (non-hydrogen) atoms. The summed E-state index contributed by atoms with van der Waals surface area (Å²) >= 11 is 0.956. The lowest BCUT2D eigenvalue weighted by molar-refractivity contribution is -0.387. The number of carbonyl (C=O) groups is 1. The highest BCUT2D eigenvalue weighted by Crippen LogP contribution is 2.43. The van der Waals surface area contributed by atoms with Crippen LogP contribution in [0.1, 0.15) is 13.8 Å². The molecule has 114 valence electrons. The van der Waals surface area contributed by atoms with E-state index < -0.39 is 16.1 Å². The van der Waals surface area contributed by atoms with Crippen molar-refractivity contribution in [1.29, 1.82) is 0 Å². The minimum absolute atomic E-state index is 0.166. The van der Waals surface area contributed by atoms with E-state index in [4.69, 9.17) is 9.47 Å².